The largest absolute Gasteiger partial charge is 0.475 e. The number of Topliss-reactive ketones (excluding diaryl/α,β-unsaturated/α-hetero) is 1. The van der Waals surface area contributed by atoms with Crippen LogP contribution < -0.4 is 16.4 Å². The second-order valence-electron chi connectivity index (χ2n) is 18.3. The Morgan fingerprint density at radius 2 is 1.44 bits per heavy atom. The topological polar surface area (TPSA) is 264 Å². The first kappa shape index (κ1) is 50.4. The third-order valence-corrected chi connectivity index (χ3v) is 13.0. The highest BCUT2D eigenvalue weighted by atomic mass is 16.4. The van der Waals surface area contributed by atoms with Crippen LogP contribution in [0.4, 0.5) is 0 Å². The normalized spacial score (nSPS) is 25.5. The molecule has 5 saturated heterocycles. The Labute approximate surface area is 366 Å². The van der Waals surface area contributed by atoms with Crippen LogP contribution in [0.2, 0.25) is 0 Å². The highest BCUT2D eigenvalue weighted by molar-refractivity contribution is 6.43. The lowest BCUT2D eigenvalue weighted by molar-refractivity contribution is -0.141. The summed E-state index contributed by atoms with van der Waals surface area (Å²) in [6, 6.07) is 0.772. The van der Waals surface area contributed by atoms with Crippen molar-refractivity contribution in [2.45, 2.75) is 148 Å². The maximum atomic E-state index is 12.7. The highest BCUT2D eigenvalue weighted by Gasteiger charge is 2.43. The second-order valence-corrected chi connectivity index (χ2v) is 18.3. The number of nitrogens with zero attached hydrogens (tertiary/aromatic N) is 5. The Morgan fingerprint density at radius 1 is 0.855 bits per heavy atom. The fourth-order valence-electron chi connectivity index (χ4n) is 9.22. The third kappa shape index (κ3) is 13.6. The van der Waals surface area contributed by atoms with Crippen LogP contribution in [0.1, 0.15) is 124 Å². The highest BCUT2D eigenvalue weighted by Crippen LogP contribution is 2.29. The number of imide groups is 2. The first-order chi connectivity index (χ1) is 29.4. The summed E-state index contributed by atoms with van der Waals surface area (Å²) in [7, 11) is -1.53. The van der Waals surface area contributed by atoms with E-state index in [0.717, 1.165) is 12.8 Å². The number of carbonyl (C=O) groups is 8. The van der Waals surface area contributed by atoms with Crippen LogP contribution in [-0.2, 0) is 38.4 Å². The molecule has 5 aliphatic rings. The number of likely N-dealkylation sites (tertiary alicyclic amines) is 4. The summed E-state index contributed by atoms with van der Waals surface area (Å²) in [5, 5.41) is 34.0. The first-order valence-corrected chi connectivity index (χ1v) is 22.8. The van der Waals surface area contributed by atoms with Crippen molar-refractivity contribution in [1.29, 1.82) is 5.26 Å². The minimum absolute atomic E-state index is 0.0573. The molecule has 62 heavy (non-hydrogen) atoms. The van der Waals surface area contributed by atoms with Gasteiger partial charge in [-0.2, -0.15) is 5.26 Å². The predicted molar refractivity (Wildman–Crippen MR) is 227 cm³/mol. The van der Waals surface area contributed by atoms with E-state index < -0.39 is 25.1 Å². The van der Waals surface area contributed by atoms with Crippen LogP contribution in [0.3, 0.4) is 0 Å². The monoisotopic (exact) mass is 869 g/mol. The maximum absolute atomic E-state index is 12.7. The lowest BCUT2D eigenvalue weighted by Crippen LogP contribution is -2.51. The summed E-state index contributed by atoms with van der Waals surface area (Å²) in [6.45, 7) is 10.5. The van der Waals surface area contributed by atoms with Gasteiger partial charge in [0.2, 0.25) is 41.4 Å². The van der Waals surface area contributed by atoms with E-state index in [0.29, 0.717) is 90.4 Å². The Balaban J connectivity index is 0.000000273. The number of nitriles is 1. The number of nitrogens with one attached hydrogen (secondary N) is 2. The van der Waals surface area contributed by atoms with Crippen molar-refractivity contribution < 1.29 is 48.4 Å². The van der Waals surface area contributed by atoms with Crippen LogP contribution in [0.25, 0.3) is 0 Å². The third-order valence-electron chi connectivity index (χ3n) is 13.0. The van der Waals surface area contributed by atoms with Crippen molar-refractivity contribution in [3.05, 3.63) is 0 Å². The molecule has 5 fully saturated rings. The summed E-state index contributed by atoms with van der Waals surface area (Å²) in [5.74, 6) is -1.60. The molecular formula is C43H69BN8O10. The zero-order valence-corrected chi connectivity index (χ0v) is 37.1. The number of hydrogen-bond acceptors (Lipinski definition) is 13. The van der Waals surface area contributed by atoms with E-state index in [4.69, 9.17) is 11.0 Å². The molecule has 0 aliphatic carbocycles. The van der Waals surface area contributed by atoms with Gasteiger partial charge in [-0.1, -0.05) is 27.7 Å². The Kier molecular flexibility index (Phi) is 19.5. The average molecular weight is 869 g/mol. The number of carbonyl (C=O) groups excluding carboxylic acids is 8. The van der Waals surface area contributed by atoms with E-state index in [1.165, 1.54) is 9.80 Å². The molecule has 0 aromatic carbocycles. The second kappa shape index (κ2) is 24.0. The molecular weight excluding hydrogens is 799 g/mol. The van der Waals surface area contributed by atoms with Gasteiger partial charge in [0.1, 0.15) is 11.8 Å². The molecule has 0 radical (unpaired) electrons. The molecule has 0 aromatic heterocycles. The summed E-state index contributed by atoms with van der Waals surface area (Å²) in [5.41, 5.74) is 5.98. The summed E-state index contributed by atoms with van der Waals surface area (Å²) >= 11 is 0. The van der Waals surface area contributed by atoms with Crippen molar-refractivity contribution in [3.8, 4) is 6.07 Å². The van der Waals surface area contributed by atoms with Gasteiger partial charge in [0.15, 0.2) is 0 Å². The number of ketones is 1. The molecule has 5 heterocycles. The van der Waals surface area contributed by atoms with Crippen LogP contribution in [-0.4, -0.2) is 147 Å². The summed E-state index contributed by atoms with van der Waals surface area (Å²) < 4.78 is 0. The van der Waals surface area contributed by atoms with Crippen molar-refractivity contribution in [2.24, 2.45) is 35.3 Å². The van der Waals surface area contributed by atoms with Gasteiger partial charge in [-0.15, -0.1) is 0 Å². The summed E-state index contributed by atoms with van der Waals surface area (Å²) in [4.78, 5) is 104. The maximum Gasteiger partial charge on any atom is 0.475 e. The van der Waals surface area contributed by atoms with Gasteiger partial charge in [0, 0.05) is 76.7 Å². The quantitative estimate of drug-likeness (QED) is 0.0641. The zero-order chi connectivity index (χ0) is 45.7. The standard InChI is InChI=1S/C22H35N5O4.C21H34BN3O6/c1-15(2)17-13-20(29)27(21(17)30)12-6-9-19(28)25-10-4-3-8-18(24)22(31)26-11-5-7-16(26)14-23;1-13(2)16-11-19(27)25(20(16)28)8-3-5-15(26)9-14-10-17(23-12-14)21(29)24-7-4-6-18(24)22(30)31/h15-18H,3-13,24H2,1-2H3,(H,25,28);13-14,16-18,23,30-31H,3-12H2,1-2H3/t16-,17?,18-;14?,16?,17-,18-/m00/s1. The van der Waals surface area contributed by atoms with Crippen molar-refractivity contribution in [3.63, 3.8) is 0 Å². The zero-order valence-electron chi connectivity index (χ0n) is 37.1. The fourth-order valence-corrected chi connectivity index (χ4v) is 9.22. The number of amides is 7. The molecule has 0 aromatic rings. The van der Waals surface area contributed by atoms with E-state index in [9.17, 15) is 48.4 Å². The van der Waals surface area contributed by atoms with Gasteiger partial charge >= 0.3 is 7.12 Å². The molecule has 3 unspecified atom stereocenters. The van der Waals surface area contributed by atoms with Crippen molar-refractivity contribution in [2.75, 3.05) is 39.3 Å². The van der Waals surface area contributed by atoms with E-state index in [-0.39, 0.29) is 115 Å². The van der Waals surface area contributed by atoms with Gasteiger partial charge in [-0.25, -0.2) is 0 Å². The molecule has 19 heteroatoms. The lowest BCUT2D eigenvalue weighted by Gasteiger charge is -2.26. The number of hydrogen-bond donors (Lipinski definition) is 5. The molecule has 0 spiro atoms. The van der Waals surface area contributed by atoms with Gasteiger partial charge < -0.3 is 36.2 Å². The predicted octanol–water partition coefficient (Wildman–Crippen LogP) is 0.664. The number of nitrogens with two attached hydrogens (primary N) is 1. The van der Waals surface area contributed by atoms with Gasteiger partial charge in [0.05, 0.1) is 24.1 Å². The van der Waals surface area contributed by atoms with E-state index in [1.807, 2.05) is 27.7 Å². The van der Waals surface area contributed by atoms with Gasteiger partial charge in [0.25, 0.3) is 0 Å². The SMILES string of the molecule is CC(C)C1CC(=O)N(CCCC(=O)CC2CN[C@H](C(=O)N3CCC[C@H]3B(O)O)C2)C1=O.CC(C)C1CC(=O)N(CCCC(=O)NCCCC[C@H](N)C(=O)N2CCC[C@H]2C#N)C1=O. The molecule has 344 valence electrons. The molecule has 0 bridgehead atoms. The summed E-state index contributed by atoms with van der Waals surface area (Å²) in [6.07, 6.45) is 7.71. The number of rotatable bonds is 20. The fraction of sp³-hybridized carbons (Fsp3) is 0.791. The molecule has 7 atom stereocenters. The van der Waals surface area contributed by atoms with Crippen LogP contribution in [0, 0.1) is 40.9 Å². The van der Waals surface area contributed by atoms with E-state index in [1.54, 1.807) is 9.80 Å². The molecule has 18 nitrogen and oxygen atoms in total. The molecule has 5 aliphatic heterocycles. The smallest absolute Gasteiger partial charge is 0.426 e. The molecule has 0 saturated carbocycles. The molecule has 6 N–H and O–H groups in total. The lowest BCUT2D eigenvalue weighted by atomic mass is 9.77. The molecule has 5 rings (SSSR count). The Morgan fingerprint density at radius 3 is 2.00 bits per heavy atom. The number of unbranched alkanes of at least 4 members (excludes halogenated alkanes) is 1. The molecule has 7 amide bonds. The van der Waals surface area contributed by atoms with Gasteiger partial charge in [-0.3, -0.25) is 48.2 Å². The minimum atomic E-state index is -1.53. The van der Waals surface area contributed by atoms with Crippen LogP contribution >= 0.6 is 0 Å². The van der Waals surface area contributed by atoms with E-state index >= 15 is 0 Å². The Bertz CT molecular complexity index is 1670. The Hall–Kier alpha value is -4.25. The van der Waals surface area contributed by atoms with Gasteiger partial charge in [-0.05, 0) is 88.5 Å². The van der Waals surface area contributed by atoms with Crippen LogP contribution in [0.5, 0.6) is 0 Å². The van der Waals surface area contributed by atoms with Crippen LogP contribution in [0.15, 0.2) is 0 Å². The van der Waals surface area contributed by atoms with E-state index in [2.05, 4.69) is 16.7 Å². The first-order valence-electron chi connectivity index (χ1n) is 22.8. The average Bonchev–Trinajstić information content (AvgIpc) is 4.08. The minimum Gasteiger partial charge on any atom is -0.426 e. The van der Waals surface area contributed by atoms with Crippen molar-refractivity contribution in [1.82, 2.24) is 30.2 Å². The van der Waals surface area contributed by atoms with Crippen molar-refractivity contribution >= 4 is 54.3 Å².